The fourth-order valence-corrected chi connectivity index (χ4v) is 2.49. The highest BCUT2D eigenvalue weighted by Crippen LogP contribution is 2.25. The van der Waals surface area contributed by atoms with Crippen molar-refractivity contribution in [2.75, 3.05) is 0 Å². The number of hydrogen-bond acceptors (Lipinski definition) is 2. The summed E-state index contributed by atoms with van der Waals surface area (Å²) in [7, 11) is 0. The first-order valence-corrected chi connectivity index (χ1v) is 7.09. The van der Waals surface area contributed by atoms with E-state index in [1.165, 1.54) is 16.7 Å². The van der Waals surface area contributed by atoms with Gasteiger partial charge in [-0.1, -0.05) is 23.3 Å². The van der Waals surface area contributed by atoms with Gasteiger partial charge in [-0.25, -0.2) is 0 Å². The highest BCUT2D eigenvalue weighted by molar-refractivity contribution is 5.87. The van der Waals surface area contributed by atoms with Crippen LogP contribution in [0.15, 0.2) is 30.0 Å². The SMILES string of the molecule is CC(C)=CCc1cc(C)cc2c(CC(N)C(=O)O)c[nH]c12. The van der Waals surface area contributed by atoms with Crippen LogP contribution < -0.4 is 5.73 Å². The van der Waals surface area contributed by atoms with Crippen molar-refractivity contribution in [2.24, 2.45) is 5.73 Å². The first-order valence-electron chi connectivity index (χ1n) is 7.09. The number of carboxylic acid groups (broad SMARTS) is 1. The Kier molecular flexibility index (Phi) is 4.48. The van der Waals surface area contributed by atoms with E-state index in [0.29, 0.717) is 6.42 Å². The largest absolute Gasteiger partial charge is 0.480 e. The molecule has 21 heavy (non-hydrogen) atoms. The van der Waals surface area contributed by atoms with Gasteiger partial charge in [0.2, 0.25) is 0 Å². The normalized spacial score (nSPS) is 12.4. The number of aromatic nitrogens is 1. The van der Waals surface area contributed by atoms with Gasteiger partial charge in [0.15, 0.2) is 0 Å². The van der Waals surface area contributed by atoms with Gasteiger partial charge in [0, 0.05) is 23.5 Å². The molecule has 0 bridgehead atoms. The lowest BCUT2D eigenvalue weighted by atomic mass is 9.99. The number of nitrogens with one attached hydrogen (secondary N) is 1. The van der Waals surface area contributed by atoms with Gasteiger partial charge >= 0.3 is 5.97 Å². The molecular weight excluding hydrogens is 264 g/mol. The number of carboxylic acids is 1. The molecule has 0 saturated carbocycles. The van der Waals surface area contributed by atoms with Crippen LogP contribution in [-0.2, 0) is 17.6 Å². The Morgan fingerprint density at radius 3 is 2.71 bits per heavy atom. The van der Waals surface area contributed by atoms with Crippen molar-refractivity contribution in [3.8, 4) is 0 Å². The van der Waals surface area contributed by atoms with Crippen LogP contribution in [-0.4, -0.2) is 22.1 Å². The van der Waals surface area contributed by atoms with Crippen molar-refractivity contribution in [3.63, 3.8) is 0 Å². The van der Waals surface area contributed by atoms with E-state index in [2.05, 4.69) is 44.0 Å². The van der Waals surface area contributed by atoms with Crippen LogP contribution in [0.5, 0.6) is 0 Å². The number of aliphatic carboxylic acids is 1. The van der Waals surface area contributed by atoms with Crippen molar-refractivity contribution in [2.45, 2.75) is 39.7 Å². The van der Waals surface area contributed by atoms with E-state index in [9.17, 15) is 4.79 Å². The van der Waals surface area contributed by atoms with E-state index in [0.717, 1.165) is 22.9 Å². The van der Waals surface area contributed by atoms with Crippen LogP contribution in [0.2, 0.25) is 0 Å². The summed E-state index contributed by atoms with van der Waals surface area (Å²) in [4.78, 5) is 14.2. The number of fused-ring (bicyclic) bond motifs is 1. The van der Waals surface area contributed by atoms with Gasteiger partial charge in [-0.3, -0.25) is 4.79 Å². The number of benzene rings is 1. The van der Waals surface area contributed by atoms with Crippen molar-refractivity contribution in [1.82, 2.24) is 4.98 Å². The second-order valence-corrected chi connectivity index (χ2v) is 5.79. The van der Waals surface area contributed by atoms with Crippen molar-refractivity contribution in [1.29, 1.82) is 0 Å². The standard InChI is InChI=1S/C17H22N2O2/c1-10(2)4-5-12-6-11(3)7-14-13(9-19-16(12)14)8-15(18)17(20)21/h4,6-7,9,15,19H,5,8,18H2,1-3H3,(H,20,21). The maximum atomic E-state index is 10.9. The molecule has 1 unspecified atom stereocenters. The molecule has 2 rings (SSSR count). The Balaban J connectivity index is 2.43. The summed E-state index contributed by atoms with van der Waals surface area (Å²) in [5, 5.41) is 10.0. The molecule has 0 fully saturated rings. The monoisotopic (exact) mass is 286 g/mol. The third-order valence-corrected chi connectivity index (χ3v) is 3.59. The van der Waals surface area contributed by atoms with Gasteiger partial charge in [0.25, 0.3) is 0 Å². The Labute approximate surface area is 124 Å². The predicted molar refractivity (Wildman–Crippen MR) is 85.5 cm³/mol. The Morgan fingerprint density at radius 1 is 1.38 bits per heavy atom. The number of aryl methyl sites for hydroxylation is 1. The number of rotatable bonds is 5. The molecule has 1 aromatic heterocycles. The molecule has 2 aromatic rings. The molecule has 4 nitrogen and oxygen atoms in total. The van der Waals surface area contributed by atoms with E-state index >= 15 is 0 Å². The lowest BCUT2D eigenvalue weighted by Crippen LogP contribution is -2.32. The van der Waals surface area contributed by atoms with E-state index < -0.39 is 12.0 Å². The zero-order valence-corrected chi connectivity index (χ0v) is 12.7. The Bertz CT molecular complexity index is 694. The number of H-pyrrole nitrogens is 1. The van der Waals surface area contributed by atoms with Crippen molar-refractivity contribution >= 4 is 16.9 Å². The van der Waals surface area contributed by atoms with Gasteiger partial charge in [-0.15, -0.1) is 0 Å². The summed E-state index contributed by atoms with van der Waals surface area (Å²) in [6.45, 7) is 6.22. The molecule has 4 heteroatoms. The molecule has 0 aliphatic heterocycles. The van der Waals surface area contributed by atoms with E-state index in [4.69, 9.17) is 10.8 Å². The summed E-state index contributed by atoms with van der Waals surface area (Å²) < 4.78 is 0. The van der Waals surface area contributed by atoms with Crippen molar-refractivity contribution in [3.05, 3.63) is 46.7 Å². The zero-order chi connectivity index (χ0) is 15.6. The van der Waals surface area contributed by atoms with E-state index in [1.807, 2.05) is 6.20 Å². The molecule has 0 aliphatic carbocycles. The second kappa shape index (κ2) is 6.14. The Hall–Kier alpha value is -2.07. The highest BCUT2D eigenvalue weighted by atomic mass is 16.4. The minimum atomic E-state index is -0.971. The first-order chi connectivity index (χ1) is 9.88. The molecule has 0 aliphatic rings. The van der Waals surface area contributed by atoms with Gasteiger partial charge < -0.3 is 15.8 Å². The fraction of sp³-hybridized carbons (Fsp3) is 0.353. The second-order valence-electron chi connectivity index (χ2n) is 5.79. The van der Waals surface area contributed by atoms with Crippen LogP contribution in [0.3, 0.4) is 0 Å². The molecular formula is C17H22N2O2. The van der Waals surface area contributed by atoms with Crippen LogP contribution in [0.1, 0.15) is 30.5 Å². The molecule has 4 N–H and O–H groups in total. The van der Waals surface area contributed by atoms with Crippen LogP contribution >= 0.6 is 0 Å². The molecule has 1 heterocycles. The molecule has 1 aromatic carbocycles. The molecule has 0 amide bonds. The fourth-order valence-electron chi connectivity index (χ4n) is 2.49. The molecule has 0 spiro atoms. The minimum Gasteiger partial charge on any atom is -0.480 e. The molecule has 0 radical (unpaired) electrons. The maximum absolute atomic E-state index is 10.9. The first kappa shape index (κ1) is 15.3. The summed E-state index contributed by atoms with van der Waals surface area (Å²) in [5.41, 5.74) is 11.4. The lowest BCUT2D eigenvalue weighted by Gasteiger charge is -2.07. The minimum absolute atomic E-state index is 0.334. The van der Waals surface area contributed by atoms with Gasteiger partial charge in [0.1, 0.15) is 6.04 Å². The Morgan fingerprint density at radius 2 is 2.10 bits per heavy atom. The van der Waals surface area contributed by atoms with Crippen LogP contribution in [0.4, 0.5) is 0 Å². The van der Waals surface area contributed by atoms with Gasteiger partial charge in [-0.05, 0) is 44.4 Å². The highest BCUT2D eigenvalue weighted by Gasteiger charge is 2.16. The molecule has 1 atom stereocenters. The summed E-state index contributed by atoms with van der Waals surface area (Å²) in [6, 6.07) is 3.38. The summed E-state index contributed by atoms with van der Waals surface area (Å²) >= 11 is 0. The van der Waals surface area contributed by atoms with Crippen LogP contribution in [0.25, 0.3) is 10.9 Å². The van der Waals surface area contributed by atoms with Crippen molar-refractivity contribution < 1.29 is 9.90 Å². The lowest BCUT2D eigenvalue weighted by molar-refractivity contribution is -0.138. The smallest absolute Gasteiger partial charge is 0.320 e. The summed E-state index contributed by atoms with van der Waals surface area (Å²) in [5.74, 6) is -0.971. The third-order valence-electron chi connectivity index (χ3n) is 3.59. The topological polar surface area (TPSA) is 79.1 Å². The maximum Gasteiger partial charge on any atom is 0.320 e. The number of hydrogen-bond donors (Lipinski definition) is 3. The number of carbonyl (C=O) groups is 1. The average molecular weight is 286 g/mol. The number of nitrogens with two attached hydrogens (primary N) is 1. The third kappa shape index (κ3) is 3.52. The quantitative estimate of drug-likeness (QED) is 0.739. The predicted octanol–water partition coefficient (Wildman–Crippen LogP) is 2.94. The molecule has 112 valence electrons. The van der Waals surface area contributed by atoms with Gasteiger partial charge in [-0.2, -0.15) is 0 Å². The van der Waals surface area contributed by atoms with E-state index in [1.54, 1.807) is 0 Å². The van der Waals surface area contributed by atoms with Crippen LogP contribution in [0, 0.1) is 6.92 Å². The number of aromatic amines is 1. The number of allylic oxidation sites excluding steroid dienone is 2. The zero-order valence-electron chi connectivity index (χ0n) is 12.7. The average Bonchev–Trinajstić information content (AvgIpc) is 2.79. The molecule has 0 saturated heterocycles. The van der Waals surface area contributed by atoms with Gasteiger partial charge in [0.05, 0.1) is 0 Å². The van der Waals surface area contributed by atoms with E-state index in [-0.39, 0.29) is 0 Å². The summed E-state index contributed by atoms with van der Waals surface area (Å²) in [6.07, 6.45) is 5.27.